The Morgan fingerprint density at radius 3 is 2.71 bits per heavy atom. The topological polar surface area (TPSA) is 86.0 Å². The monoisotopic (exact) mass is 327 g/mol. The Bertz CT molecular complexity index is 789. The number of nitro groups is 1. The molecule has 3 rings (SSSR count). The lowest BCUT2D eigenvalue weighted by Crippen LogP contribution is -2.30. The van der Waals surface area contributed by atoms with Gasteiger partial charge in [-0.15, -0.1) is 0 Å². The molecule has 0 fully saturated rings. The third-order valence-electron chi connectivity index (χ3n) is 3.62. The lowest BCUT2D eigenvalue weighted by Gasteiger charge is -2.16. The molecule has 0 aliphatic carbocycles. The molecule has 2 aromatic carbocycles. The van der Waals surface area contributed by atoms with Crippen LogP contribution in [0.3, 0.4) is 0 Å². The summed E-state index contributed by atoms with van der Waals surface area (Å²) in [6.45, 7) is 1.68. The van der Waals surface area contributed by atoms with E-state index < -0.39 is 4.92 Å². The molecule has 0 aromatic heterocycles. The van der Waals surface area contributed by atoms with Gasteiger partial charge in [0.15, 0.2) is 11.5 Å². The number of nitro benzene ring substituents is 1. The van der Waals surface area contributed by atoms with E-state index in [9.17, 15) is 10.1 Å². The van der Waals surface area contributed by atoms with Gasteiger partial charge in [0.05, 0.1) is 12.0 Å². The number of para-hydroxylation sites is 2. The average molecular weight is 327 g/mol. The number of hydrogen-bond acceptors (Lipinski definition) is 6. The van der Waals surface area contributed by atoms with Crippen molar-refractivity contribution in [3.05, 3.63) is 58.1 Å². The second-order valence-corrected chi connectivity index (χ2v) is 5.20. The molecule has 0 saturated carbocycles. The van der Waals surface area contributed by atoms with Gasteiger partial charge in [-0.3, -0.25) is 15.1 Å². The van der Waals surface area contributed by atoms with Crippen molar-refractivity contribution in [3.8, 4) is 17.2 Å². The molecule has 1 N–H and O–H groups in total. The number of methoxy groups -OCH3 is 1. The van der Waals surface area contributed by atoms with Crippen LogP contribution in [0.1, 0.15) is 12.0 Å². The Hall–Kier alpha value is -3.09. The van der Waals surface area contributed by atoms with Crippen molar-refractivity contribution in [1.29, 1.82) is 0 Å². The summed E-state index contributed by atoms with van der Waals surface area (Å²) in [5, 5.41) is 14.3. The lowest BCUT2D eigenvalue weighted by molar-refractivity contribution is -0.385. The van der Waals surface area contributed by atoms with E-state index in [0.717, 1.165) is 30.9 Å². The SMILES string of the molecule is COc1cc(C2=NCCCN2)ccc1Oc1ccccc1[N+](=O)[O-]. The van der Waals surface area contributed by atoms with Crippen molar-refractivity contribution in [2.75, 3.05) is 20.2 Å². The molecule has 0 atom stereocenters. The van der Waals surface area contributed by atoms with Crippen LogP contribution in [0.25, 0.3) is 0 Å². The number of hydrogen-bond donors (Lipinski definition) is 1. The van der Waals surface area contributed by atoms with Crippen LogP contribution in [0.15, 0.2) is 47.5 Å². The van der Waals surface area contributed by atoms with Gasteiger partial charge in [-0.25, -0.2) is 0 Å². The zero-order chi connectivity index (χ0) is 16.9. The van der Waals surface area contributed by atoms with E-state index in [-0.39, 0.29) is 11.4 Å². The molecule has 0 unspecified atom stereocenters. The maximum atomic E-state index is 11.1. The first kappa shape index (κ1) is 15.8. The molecule has 7 nitrogen and oxygen atoms in total. The minimum absolute atomic E-state index is 0.0954. The normalized spacial score (nSPS) is 13.6. The number of aliphatic imine (C=N–C) groups is 1. The standard InChI is InChI=1S/C17H17N3O4/c1-23-16-11-12(17-18-9-4-10-19-17)7-8-15(16)24-14-6-3-2-5-13(14)20(21)22/h2-3,5-8,11H,4,9-10H2,1H3,(H,18,19). The fourth-order valence-corrected chi connectivity index (χ4v) is 2.44. The van der Waals surface area contributed by atoms with E-state index in [2.05, 4.69) is 10.3 Å². The van der Waals surface area contributed by atoms with Crippen LogP contribution in [0.5, 0.6) is 17.2 Å². The van der Waals surface area contributed by atoms with Gasteiger partial charge in [0.2, 0.25) is 5.75 Å². The molecule has 24 heavy (non-hydrogen) atoms. The first-order valence-corrected chi connectivity index (χ1v) is 7.57. The van der Waals surface area contributed by atoms with Crippen LogP contribution in [0.2, 0.25) is 0 Å². The van der Waals surface area contributed by atoms with E-state index in [0.29, 0.717) is 11.5 Å². The number of nitrogens with one attached hydrogen (secondary N) is 1. The molecule has 2 aromatic rings. The van der Waals surface area contributed by atoms with E-state index in [4.69, 9.17) is 9.47 Å². The average Bonchev–Trinajstić information content (AvgIpc) is 2.63. The van der Waals surface area contributed by atoms with E-state index >= 15 is 0 Å². The number of ether oxygens (including phenoxy) is 2. The second-order valence-electron chi connectivity index (χ2n) is 5.20. The predicted octanol–water partition coefficient (Wildman–Crippen LogP) is 3.14. The molecule has 0 spiro atoms. The van der Waals surface area contributed by atoms with Crippen molar-refractivity contribution < 1.29 is 14.4 Å². The molecule has 1 heterocycles. The van der Waals surface area contributed by atoms with Gasteiger partial charge >= 0.3 is 5.69 Å². The van der Waals surface area contributed by atoms with E-state index in [1.165, 1.54) is 13.2 Å². The Kier molecular flexibility index (Phi) is 4.60. The summed E-state index contributed by atoms with van der Waals surface area (Å²) in [7, 11) is 1.53. The third-order valence-corrected chi connectivity index (χ3v) is 3.62. The predicted molar refractivity (Wildman–Crippen MR) is 90.2 cm³/mol. The maximum Gasteiger partial charge on any atom is 0.311 e. The summed E-state index contributed by atoms with van der Waals surface area (Å²) >= 11 is 0. The van der Waals surface area contributed by atoms with Crippen molar-refractivity contribution in [1.82, 2.24) is 5.32 Å². The van der Waals surface area contributed by atoms with Crippen molar-refractivity contribution in [2.24, 2.45) is 4.99 Å². The number of benzene rings is 2. The first-order chi connectivity index (χ1) is 11.7. The van der Waals surface area contributed by atoms with Gasteiger partial charge in [-0.05, 0) is 30.7 Å². The van der Waals surface area contributed by atoms with E-state index in [1.54, 1.807) is 30.3 Å². The molecule has 1 aliphatic heterocycles. The number of rotatable bonds is 5. The molecule has 0 bridgehead atoms. The summed E-state index contributed by atoms with van der Waals surface area (Å²) < 4.78 is 11.1. The van der Waals surface area contributed by atoms with Gasteiger partial charge in [-0.1, -0.05) is 12.1 Å². The minimum Gasteiger partial charge on any atom is -0.493 e. The number of amidine groups is 1. The Morgan fingerprint density at radius 1 is 1.17 bits per heavy atom. The zero-order valence-corrected chi connectivity index (χ0v) is 13.2. The summed E-state index contributed by atoms with van der Waals surface area (Å²) in [6, 6.07) is 11.6. The first-order valence-electron chi connectivity index (χ1n) is 7.57. The summed E-state index contributed by atoms with van der Waals surface area (Å²) in [5.74, 6) is 1.88. The maximum absolute atomic E-state index is 11.1. The highest BCUT2D eigenvalue weighted by atomic mass is 16.6. The fraction of sp³-hybridized carbons (Fsp3) is 0.235. The molecule has 124 valence electrons. The second kappa shape index (κ2) is 6.99. The third kappa shape index (κ3) is 3.29. The molecule has 1 aliphatic rings. The highest BCUT2D eigenvalue weighted by molar-refractivity contribution is 5.99. The molecule has 7 heteroatoms. The smallest absolute Gasteiger partial charge is 0.311 e. The zero-order valence-electron chi connectivity index (χ0n) is 13.2. The van der Waals surface area contributed by atoms with Crippen molar-refractivity contribution in [2.45, 2.75) is 6.42 Å². The van der Waals surface area contributed by atoms with Crippen LogP contribution in [-0.2, 0) is 0 Å². The molecular formula is C17H17N3O4. The minimum atomic E-state index is -0.475. The van der Waals surface area contributed by atoms with Gasteiger partial charge in [0.25, 0.3) is 0 Å². The van der Waals surface area contributed by atoms with Crippen LogP contribution < -0.4 is 14.8 Å². The molecular weight excluding hydrogens is 310 g/mol. The van der Waals surface area contributed by atoms with Crippen molar-refractivity contribution in [3.63, 3.8) is 0 Å². The largest absolute Gasteiger partial charge is 0.493 e. The fourth-order valence-electron chi connectivity index (χ4n) is 2.44. The Labute approximate surface area is 139 Å². The summed E-state index contributed by atoms with van der Waals surface area (Å²) in [4.78, 5) is 15.1. The Morgan fingerprint density at radius 2 is 2.00 bits per heavy atom. The van der Waals surface area contributed by atoms with Gasteiger partial charge < -0.3 is 14.8 Å². The summed E-state index contributed by atoms with van der Waals surface area (Å²) in [5.41, 5.74) is 0.795. The van der Waals surface area contributed by atoms with Gasteiger partial charge in [-0.2, -0.15) is 0 Å². The van der Waals surface area contributed by atoms with Gasteiger partial charge in [0, 0.05) is 24.7 Å². The quantitative estimate of drug-likeness (QED) is 0.673. The highest BCUT2D eigenvalue weighted by Crippen LogP contribution is 2.36. The van der Waals surface area contributed by atoms with Crippen LogP contribution in [0, 0.1) is 10.1 Å². The molecule has 0 radical (unpaired) electrons. The van der Waals surface area contributed by atoms with Crippen LogP contribution in [-0.4, -0.2) is 31.0 Å². The lowest BCUT2D eigenvalue weighted by atomic mass is 10.1. The molecule has 0 amide bonds. The van der Waals surface area contributed by atoms with Crippen molar-refractivity contribution >= 4 is 11.5 Å². The Balaban J connectivity index is 1.92. The van der Waals surface area contributed by atoms with E-state index in [1.807, 2.05) is 6.07 Å². The summed E-state index contributed by atoms with van der Waals surface area (Å²) in [6.07, 6.45) is 1.01. The number of nitrogens with zero attached hydrogens (tertiary/aromatic N) is 2. The highest BCUT2D eigenvalue weighted by Gasteiger charge is 2.17. The van der Waals surface area contributed by atoms with Crippen LogP contribution >= 0.6 is 0 Å². The van der Waals surface area contributed by atoms with Gasteiger partial charge in [0.1, 0.15) is 5.84 Å². The van der Waals surface area contributed by atoms with Crippen LogP contribution in [0.4, 0.5) is 5.69 Å². The molecule has 0 saturated heterocycles.